The first-order chi connectivity index (χ1) is 7.65. The van der Waals surface area contributed by atoms with Gasteiger partial charge in [-0.15, -0.1) is 0 Å². The molecular formula is C11H20O6. The van der Waals surface area contributed by atoms with Gasteiger partial charge in [0.05, 0.1) is 6.10 Å². The van der Waals surface area contributed by atoms with Gasteiger partial charge in [0, 0.05) is 0 Å². The number of aliphatic hydroxyl groups excluding tert-OH is 2. The predicted octanol–water partition coefficient (Wildman–Crippen LogP) is -0.645. The van der Waals surface area contributed by atoms with Crippen LogP contribution in [-0.4, -0.2) is 57.4 Å². The van der Waals surface area contributed by atoms with Crippen LogP contribution >= 0.6 is 0 Å². The zero-order chi connectivity index (χ0) is 13.0. The number of hydrogen-bond acceptors (Lipinski definition) is 6. The number of fused-ring (bicyclic) bond motifs is 1. The molecule has 2 saturated heterocycles. The van der Waals surface area contributed by atoms with Crippen LogP contribution < -0.4 is 0 Å². The van der Waals surface area contributed by atoms with Gasteiger partial charge in [-0.05, 0) is 27.7 Å². The highest BCUT2D eigenvalue weighted by Gasteiger charge is 2.62. The molecule has 0 aliphatic carbocycles. The lowest BCUT2D eigenvalue weighted by molar-refractivity contribution is -0.244. The molecule has 0 radical (unpaired) electrons. The maximum Gasteiger partial charge on any atom is 0.190 e. The number of hydrogen-bond donors (Lipinski definition) is 3. The van der Waals surface area contributed by atoms with Crippen LogP contribution in [0.2, 0.25) is 0 Å². The van der Waals surface area contributed by atoms with Crippen molar-refractivity contribution in [3.05, 3.63) is 0 Å². The first-order valence-corrected chi connectivity index (χ1v) is 5.75. The summed E-state index contributed by atoms with van der Waals surface area (Å²) in [5, 5.41) is 29.5. The van der Waals surface area contributed by atoms with Gasteiger partial charge in [0.15, 0.2) is 12.1 Å². The lowest BCUT2D eigenvalue weighted by Gasteiger charge is -2.33. The zero-order valence-electron chi connectivity index (χ0n) is 10.5. The smallest absolute Gasteiger partial charge is 0.190 e. The van der Waals surface area contributed by atoms with Crippen molar-refractivity contribution in [2.75, 3.05) is 0 Å². The molecule has 0 amide bonds. The Hall–Kier alpha value is -0.240. The van der Waals surface area contributed by atoms with Crippen molar-refractivity contribution < 1.29 is 29.5 Å². The van der Waals surface area contributed by atoms with Gasteiger partial charge in [-0.2, -0.15) is 0 Å². The first-order valence-electron chi connectivity index (χ1n) is 5.75. The SMILES string of the molecule is CC(O)[C@@H](O)[C@@H]1O[C@@H]2OC(C)(C)O[C@@H]2[C@@]1(C)O. The van der Waals surface area contributed by atoms with Crippen molar-refractivity contribution in [3.63, 3.8) is 0 Å². The van der Waals surface area contributed by atoms with Crippen LogP contribution in [0.3, 0.4) is 0 Å². The minimum absolute atomic E-state index is 0.670. The van der Waals surface area contributed by atoms with Gasteiger partial charge in [-0.1, -0.05) is 0 Å². The molecule has 0 aromatic rings. The number of aliphatic hydroxyl groups is 3. The fourth-order valence-electron chi connectivity index (χ4n) is 2.35. The van der Waals surface area contributed by atoms with E-state index in [0.29, 0.717) is 0 Å². The lowest BCUT2D eigenvalue weighted by Crippen LogP contribution is -2.53. The van der Waals surface area contributed by atoms with E-state index in [1.54, 1.807) is 13.8 Å². The second kappa shape index (κ2) is 3.88. The molecule has 6 nitrogen and oxygen atoms in total. The molecular weight excluding hydrogens is 228 g/mol. The van der Waals surface area contributed by atoms with Gasteiger partial charge in [0.2, 0.25) is 0 Å². The number of ether oxygens (including phenoxy) is 3. The van der Waals surface area contributed by atoms with Crippen LogP contribution in [0, 0.1) is 0 Å². The normalized spacial score (nSPS) is 47.8. The molecule has 2 rings (SSSR count). The number of rotatable bonds is 2. The molecule has 1 unspecified atom stereocenters. The highest BCUT2D eigenvalue weighted by molar-refractivity contribution is 5.05. The van der Waals surface area contributed by atoms with Crippen LogP contribution in [0.5, 0.6) is 0 Å². The summed E-state index contributed by atoms with van der Waals surface area (Å²) >= 11 is 0. The van der Waals surface area contributed by atoms with Gasteiger partial charge in [0.1, 0.15) is 23.9 Å². The molecule has 2 fully saturated rings. The molecule has 2 aliphatic heterocycles. The Morgan fingerprint density at radius 3 is 2.18 bits per heavy atom. The molecule has 17 heavy (non-hydrogen) atoms. The van der Waals surface area contributed by atoms with E-state index in [0.717, 1.165) is 0 Å². The summed E-state index contributed by atoms with van der Waals surface area (Å²) < 4.78 is 16.5. The van der Waals surface area contributed by atoms with E-state index >= 15 is 0 Å². The summed E-state index contributed by atoms with van der Waals surface area (Å²) in [5.41, 5.74) is -1.41. The van der Waals surface area contributed by atoms with Gasteiger partial charge in [-0.25, -0.2) is 0 Å². The second-order valence-electron chi connectivity index (χ2n) is 5.44. The van der Waals surface area contributed by atoms with E-state index < -0.39 is 42.1 Å². The molecule has 0 aromatic heterocycles. The monoisotopic (exact) mass is 248 g/mol. The standard InChI is InChI=1S/C11H20O6/c1-5(12)6(13)7-11(4,14)8-9(15-7)17-10(2,3)16-8/h5-9,12-14H,1-4H3/t5?,6-,7+,8+,9-,11+/m1/s1. The summed E-state index contributed by atoms with van der Waals surface area (Å²) in [4.78, 5) is 0. The molecule has 6 atom stereocenters. The summed E-state index contributed by atoms with van der Waals surface area (Å²) in [5.74, 6) is -0.819. The Kier molecular flexibility index (Phi) is 3.01. The third kappa shape index (κ3) is 2.09. The quantitative estimate of drug-likeness (QED) is 0.602. The average Bonchev–Trinajstić information content (AvgIpc) is 2.58. The fraction of sp³-hybridized carbons (Fsp3) is 1.00. The molecule has 0 saturated carbocycles. The Morgan fingerprint density at radius 2 is 1.71 bits per heavy atom. The van der Waals surface area contributed by atoms with Crippen molar-refractivity contribution in [1.82, 2.24) is 0 Å². The highest BCUT2D eigenvalue weighted by Crippen LogP contribution is 2.44. The van der Waals surface area contributed by atoms with Crippen LogP contribution in [0.1, 0.15) is 27.7 Å². The molecule has 0 bridgehead atoms. The Bertz CT molecular complexity index is 300. The topological polar surface area (TPSA) is 88.4 Å². The minimum atomic E-state index is -1.41. The first kappa shape index (κ1) is 13.2. The third-order valence-electron chi connectivity index (χ3n) is 3.30. The minimum Gasteiger partial charge on any atom is -0.391 e. The maximum atomic E-state index is 10.4. The third-order valence-corrected chi connectivity index (χ3v) is 3.30. The highest BCUT2D eigenvalue weighted by atomic mass is 16.8. The van der Waals surface area contributed by atoms with Gasteiger partial charge in [-0.3, -0.25) is 0 Å². The summed E-state index contributed by atoms with van der Waals surface area (Å²) in [7, 11) is 0. The van der Waals surface area contributed by atoms with E-state index in [9.17, 15) is 15.3 Å². The van der Waals surface area contributed by atoms with E-state index in [1.807, 2.05) is 0 Å². The van der Waals surface area contributed by atoms with Crippen LogP contribution in [0.25, 0.3) is 0 Å². The van der Waals surface area contributed by atoms with Crippen molar-refractivity contribution in [3.8, 4) is 0 Å². The van der Waals surface area contributed by atoms with E-state index in [2.05, 4.69) is 0 Å². The largest absolute Gasteiger partial charge is 0.391 e. The van der Waals surface area contributed by atoms with E-state index in [1.165, 1.54) is 13.8 Å². The molecule has 0 spiro atoms. The molecule has 2 aliphatic rings. The molecule has 100 valence electrons. The van der Waals surface area contributed by atoms with Crippen LogP contribution in [0.15, 0.2) is 0 Å². The zero-order valence-corrected chi connectivity index (χ0v) is 10.5. The molecule has 0 aromatic carbocycles. The summed E-state index contributed by atoms with van der Waals surface area (Å²) in [6.45, 7) is 6.40. The van der Waals surface area contributed by atoms with Crippen LogP contribution in [-0.2, 0) is 14.2 Å². The van der Waals surface area contributed by atoms with Gasteiger partial charge >= 0.3 is 0 Å². The maximum absolute atomic E-state index is 10.4. The van der Waals surface area contributed by atoms with Gasteiger partial charge < -0.3 is 29.5 Å². The van der Waals surface area contributed by atoms with Gasteiger partial charge in [0.25, 0.3) is 0 Å². The molecule has 2 heterocycles. The predicted molar refractivity (Wildman–Crippen MR) is 57.0 cm³/mol. The Labute approximate surface area is 100 Å². The Morgan fingerprint density at radius 1 is 1.12 bits per heavy atom. The van der Waals surface area contributed by atoms with Crippen molar-refractivity contribution in [1.29, 1.82) is 0 Å². The average molecular weight is 248 g/mol. The van der Waals surface area contributed by atoms with E-state index in [4.69, 9.17) is 14.2 Å². The second-order valence-corrected chi connectivity index (χ2v) is 5.44. The summed E-state index contributed by atoms with van der Waals surface area (Å²) in [6, 6.07) is 0. The van der Waals surface area contributed by atoms with Crippen molar-refractivity contribution >= 4 is 0 Å². The van der Waals surface area contributed by atoms with Crippen molar-refractivity contribution in [2.45, 2.75) is 69.8 Å². The fourth-order valence-corrected chi connectivity index (χ4v) is 2.35. The van der Waals surface area contributed by atoms with Crippen LogP contribution in [0.4, 0.5) is 0 Å². The summed E-state index contributed by atoms with van der Waals surface area (Å²) in [6.07, 6.45) is -4.52. The lowest BCUT2D eigenvalue weighted by atomic mass is 9.90. The van der Waals surface area contributed by atoms with E-state index in [-0.39, 0.29) is 0 Å². The molecule has 3 N–H and O–H groups in total. The Balaban J connectivity index is 2.17. The van der Waals surface area contributed by atoms with Crippen molar-refractivity contribution in [2.24, 2.45) is 0 Å². The molecule has 6 heteroatoms.